The molecule has 2 aromatic carbocycles. The number of benzene rings is 2. The topological polar surface area (TPSA) is 92.7 Å². The van der Waals surface area contributed by atoms with E-state index in [-0.39, 0.29) is 36.3 Å². The van der Waals surface area contributed by atoms with Crippen LogP contribution in [0, 0.1) is 0 Å². The normalized spacial score (nSPS) is 11.0. The predicted octanol–water partition coefficient (Wildman–Crippen LogP) is 3.69. The summed E-state index contributed by atoms with van der Waals surface area (Å²) in [6.07, 6.45) is -5.04. The van der Waals surface area contributed by atoms with Gasteiger partial charge in [0, 0.05) is 18.5 Å². The number of carboxylic acids is 1. The molecule has 29 heavy (non-hydrogen) atoms. The first-order chi connectivity index (χ1) is 13.6. The molecule has 6 nitrogen and oxygen atoms in total. The number of halogens is 3. The number of ketones is 1. The fourth-order valence-electron chi connectivity index (χ4n) is 2.52. The number of ether oxygens (including phenoxy) is 1. The molecule has 9 heteroatoms. The van der Waals surface area contributed by atoms with E-state index < -0.39 is 29.4 Å². The zero-order valence-corrected chi connectivity index (χ0v) is 15.4. The lowest BCUT2D eigenvalue weighted by atomic mass is 10.0. The summed E-state index contributed by atoms with van der Waals surface area (Å²) in [6.45, 7) is -0.00864. The van der Waals surface area contributed by atoms with E-state index in [4.69, 9.17) is 9.84 Å². The number of carbonyl (C=O) groups is 3. The lowest BCUT2D eigenvalue weighted by Gasteiger charge is -2.11. The fraction of sp³-hybridized carbons (Fsp3) is 0.250. The summed E-state index contributed by atoms with van der Waals surface area (Å²) in [7, 11) is 1.34. The van der Waals surface area contributed by atoms with Crippen LogP contribution < -0.4 is 10.1 Å². The van der Waals surface area contributed by atoms with Crippen LogP contribution in [0.1, 0.15) is 44.7 Å². The molecule has 0 atom stereocenters. The molecule has 0 aliphatic heterocycles. The van der Waals surface area contributed by atoms with Crippen molar-refractivity contribution in [3.05, 3.63) is 64.7 Å². The molecule has 2 rings (SSSR count). The summed E-state index contributed by atoms with van der Waals surface area (Å²) in [5.74, 6) is -1.94. The van der Waals surface area contributed by atoms with Crippen LogP contribution in [0.15, 0.2) is 42.5 Å². The number of carboxylic acid groups (broad SMARTS) is 1. The molecule has 0 saturated heterocycles. The summed E-state index contributed by atoms with van der Waals surface area (Å²) in [4.78, 5) is 35.2. The fourth-order valence-corrected chi connectivity index (χ4v) is 2.52. The van der Waals surface area contributed by atoms with Gasteiger partial charge in [0.15, 0.2) is 5.78 Å². The molecule has 0 aliphatic carbocycles. The standard InChI is InChI=1S/C20H18F3NO5/c1-29-17-8-4-13(10-15(17)16(25)7-9-18(26)27)19(28)24-11-12-2-5-14(6-3-12)20(21,22)23/h2-6,8,10H,7,9,11H2,1H3,(H,24,28)(H,26,27). The third kappa shape index (κ3) is 6.06. The quantitative estimate of drug-likeness (QED) is 0.649. The smallest absolute Gasteiger partial charge is 0.416 e. The first-order valence-electron chi connectivity index (χ1n) is 8.49. The minimum Gasteiger partial charge on any atom is -0.496 e. The minimum absolute atomic E-state index is 0.00864. The Kier molecular flexibility index (Phi) is 6.98. The van der Waals surface area contributed by atoms with Gasteiger partial charge in [0.2, 0.25) is 0 Å². The Hall–Kier alpha value is -3.36. The lowest BCUT2D eigenvalue weighted by molar-refractivity contribution is -0.138. The van der Waals surface area contributed by atoms with Crippen molar-refractivity contribution in [2.75, 3.05) is 7.11 Å². The molecule has 2 N–H and O–H groups in total. The number of rotatable bonds is 8. The molecule has 0 fully saturated rings. The van der Waals surface area contributed by atoms with Crippen LogP contribution in [0.3, 0.4) is 0 Å². The molecule has 0 unspecified atom stereocenters. The van der Waals surface area contributed by atoms with Crippen molar-refractivity contribution >= 4 is 17.7 Å². The molecule has 154 valence electrons. The van der Waals surface area contributed by atoms with Gasteiger partial charge in [-0.15, -0.1) is 0 Å². The van der Waals surface area contributed by atoms with Gasteiger partial charge in [-0.3, -0.25) is 14.4 Å². The number of methoxy groups -OCH3 is 1. The summed E-state index contributed by atoms with van der Waals surface area (Å²) < 4.78 is 42.8. The van der Waals surface area contributed by atoms with E-state index >= 15 is 0 Å². The number of aliphatic carboxylic acids is 1. The van der Waals surface area contributed by atoms with Crippen molar-refractivity contribution in [3.8, 4) is 5.75 Å². The summed E-state index contributed by atoms with van der Waals surface area (Å²) >= 11 is 0. The first-order valence-corrected chi connectivity index (χ1v) is 8.49. The second kappa shape index (κ2) is 9.22. The summed E-state index contributed by atoms with van der Waals surface area (Å²) in [6, 6.07) is 8.51. The van der Waals surface area contributed by atoms with E-state index in [2.05, 4.69) is 5.32 Å². The van der Waals surface area contributed by atoms with Gasteiger partial charge in [0.1, 0.15) is 5.75 Å². The van der Waals surface area contributed by atoms with Gasteiger partial charge < -0.3 is 15.2 Å². The van der Waals surface area contributed by atoms with Crippen LogP contribution in [0.5, 0.6) is 5.75 Å². The number of hydrogen-bond donors (Lipinski definition) is 2. The Morgan fingerprint density at radius 2 is 1.69 bits per heavy atom. The van der Waals surface area contributed by atoms with Gasteiger partial charge in [-0.25, -0.2) is 0 Å². The monoisotopic (exact) mass is 409 g/mol. The predicted molar refractivity (Wildman–Crippen MR) is 96.8 cm³/mol. The molecule has 0 saturated carbocycles. The van der Waals surface area contributed by atoms with E-state index in [1.165, 1.54) is 37.4 Å². The molecule has 0 bridgehead atoms. The van der Waals surface area contributed by atoms with Crippen LogP contribution >= 0.6 is 0 Å². The second-order valence-electron chi connectivity index (χ2n) is 6.11. The summed E-state index contributed by atoms with van der Waals surface area (Å²) in [5.41, 5.74) is -0.0998. The Balaban J connectivity index is 2.09. The van der Waals surface area contributed by atoms with Crippen LogP contribution in [0.4, 0.5) is 13.2 Å². The highest BCUT2D eigenvalue weighted by atomic mass is 19.4. The SMILES string of the molecule is COc1ccc(C(=O)NCc2ccc(C(F)(F)F)cc2)cc1C(=O)CCC(=O)O. The highest BCUT2D eigenvalue weighted by Gasteiger charge is 2.29. The molecular formula is C20H18F3NO5. The van der Waals surface area contributed by atoms with Crippen molar-refractivity contribution in [2.24, 2.45) is 0 Å². The zero-order valence-electron chi connectivity index (χ0n) is 15.4. The number of Topliss-reactive ketones (excluding diaryl/α,β-unsaturated/α-hetero) is 1. The van der Waals surface area contributed by atoms with Crippen molar-refractivity contribution in [2.45, 2.75) is 25.6 Å². The molecule has 0 radical (unpaired) electrons. The van der Waals surface area contributed by atoms with E-state index in [0.29, 0.717) is 5.56 Å². The maximum absolute atomic E-state index is 12.6. The van der Waals surface area contributed by atoms with Crippen molar-refractivity contribution in [3.63, 3.8) is 0 Å². The second-order valence-corrected chi connectivity index (χ2v) is 6.11. The molecule has 0 heterocycles. The van der Waals surface area contributed by atoms with Crippen molar-refractivity contribution in [1.29, 1.82) is 0 Å². The van der Waals surface area contributed by atoms with Gasteiger partial charge >= 0.3 is 12.1 Å². The number of amides is 1. The van der Waals surface area contributed by atoms with Gasteiger partial charge in [0.05, 0.1) is 24.7 Å². The van der Waals surface area contributed by atoms with E-state index in [1.54, 1.807) is 0 Å². The molecular weight excluding hydrogens is 391 g/mol. The number of nitrogens with one attached hydrogen (secondary N) is 1. The number of hydrogen-bond acceptors (Lipinski definition) is 4. The zero-order chi connectivity index (χ0) is 21.6. The minimum atomic E-state index is -4.44. The highest BCUT2D eigenvalue weighted by molar-refractivity contribution is 6.03. The number of alkyl halides is 3. The average molecular weight is 409 g/mol. The number of carbonyl (C=O) groups excluding carboxylic acids is 2. The van der Waals surface area contributed by atoms with Crippen molar-refractivity contribution < 1.29 is 37.4 Å². The molecule has 0 aliphatic rings. The average Bonchev–Trinajstić information content (AvgIpc) is 2.69. The maximum Gasteiger partial charge on any atom is 0.416 e. The van der Waals surface area contributed by atoms with Crippen molar-refractivity contribution in [1.82, 2.24) is 5.32 Å². The third-order valence-electron chi connectivity index (χ3n) is 4.06. The van der Waals surface area contributed by atoms with Gasteiger partial charge in [-0.05, 0) is 35.9 Å². The Morgan fingerprint density at radius 1 is 1.03 bits per heavy atom. The van der Waals surface area contributed by atoms with Gasteiger partial charge in [-0.1, -0.05) is 12.1 Å². The Labute approximate surface area is 164 Å². The van der Waals surface area contributed by atoms with Crippen LogP contribution in [-0.4, -0.2) is 29.9 Å². The van der Waals surface area contributed by atoms with Crippen LogP contribution in [-0.2, 0) is 17.5 Å². The Morgan fingerprint density at radius 3 is 2.24 bits per heavy atom. The molecule has 2 aromatic rings. The molecule has 0 aromatic heterocycles. The maximum atomic E-state index is 12.6. The van der Waals surface area contributed by atoms with Crippen LogP contribution in [0.2, 0.25) is 0 Å². The largest absolute Gasteiger partial charge is 0.496 e. The molecule has 0 spiro atoms. The van der Waals surface area contributed by atoms with Gasteiger partial charge in [-0.2, -0.15) is 13.2 Å². The summed E-state index contributed by atoms with van der Waals surface area (Å²) in [5, 5.41) is 11.3. The highest BCUT2D eigenvalue weighted by Crippen LogP contribution is 2.29. The third-order valence-corrected chi connectivity index (χ3v) is 4.06. The van der Waals surface area contributed by atoms with Crippen LogP contribution in [0.25, 0.3) is 0 Å². The van der Waals surface area contributed by atoms with E-state index in [9.17, 15) is 27.6 Å². The van der Waals surface area contributed by atoms with Gasteiger partial charge in [0.25, 0.3) is 5.91 Å². The van der Waals surface area contributed by atoms with E-state index in [0.717, 1.165) is 12.1 Å². The first kappa shape index (κ1) is 21.9. The lowest BCUT2D eigenvalue weighted by Crippen LogP contribution is -2.23. The van der Waals surface area contributed by atoms with E-state index in [1.807, 2.05) is 0 Å². The Bertz CT molecular complexity index is 907. The molecule has 1 amide bonds.